The van der Waals surface area contributed by atoms with Crippen molar-refractivity contribution in [1.29, 1.82) is 0 Å². The Kier molecular flexibility index (Phi) is 5.28. The molecular weight excluding hydrogens is 320 g/mol. The number of ether oxygens (including phenoxy) is 2. The molecular formula is C19H24N2O4. The Morgan fingerprint density at radius 2 is 2.24 bits per heavy atom. The second kappa shape index (κ2) is 7.61. The van der Waals surface area contributed by atoms with Gasteiger partial charge in [0.2, 0.25) is 0 Å². The number of fused-ring (bicyclic) bond motifs is 1. The molecule has 0 saturated carbocycles. The maximum Gasteiger partial charge on any atom is 0.315 e. The first-order valence-electron chi connectivity index (χ1n) is 8.41. The number of carbonyl (C=O) groups excluding carboxylic acids is 1. The molecule has 25 heavy (non-hydrogen) atoms. The van der Waals surface area contributed by atoms with Crippen molar-refractivity contribution in [1.82, 2.24) is 10.6 Å². The van der Waals surface area contributed by atoms with Crippen LogP contribution < -0.4 is 15.4 Å². The molecule has 0 saturated heterocycles. The lowest BCUT2D eigenvalue weighted by molar-refractivity contribution is 0.155. The van der Waals surface area contributed by atoms with E-state index in [4.69, 9.17) is 13.9 Å². The first-order valence-corrected chi connectivity index (χ1v) is 8.41. The molecule has 0 radical (unpaired) electrons. The van der Waals surface area contributed by atoms with Crippen molar-refractivity contribution in [3.05, 3.63) is 53.0 Å². The number of urea groups is 1. The summed E-state index contributed by atoms with van der Waals surface area (Å²) in [7, 11) is 1.59. The van der Waals surface area contributed by atoms with Crippen molar-refractivity contribution in [2.24, 2.45) is 0 Å². The number of carbonyl (C=O) groups is 1. The van der Waals surface area contributed by atoms with Crippen LogP contribution in [0.3, 0.4) is 0 Å². The molecule has 0 bridgehead atoms. The molecule has 2 amide bonds. The molecule has 0 unspecified atom stereocenters. The predicted octanol–water partition coefficient (Wildman–Crippen LogP) is 3.41. The zero-order chi connectivity index (χ0) is 17.8. The highest BCUT2D eigenvalue weighted by Crippen LogP contribution is 2.35. The molecule has 134 valence electrons. The highest BCUT2D eigenvalue weighted by molar-refractivity contribution is 5.75. The Morgan fingerprint density at radius 3 is 2.96 bits per heavy atom. The second-order valence-corrected chi connectivity index (χ2v) is 6.33. The third-order valence-electron chi connectivity index (χ3n) is 4.31. The second-order valence-electron chi connectivity index (χ2n) is 6.33. The summed E-state index contributed by atoms with van der Waals surface area (Å²) in [5.74, 6) is 1.54. The van der Waals surface area contributed by atoms with Crippen molar-refractivity contribution in [3.8, 4) is 5.75 Å². The minimum absolute atomic E-state index is 0.0813. The molecule has 2 aromatic rings. The first-order chi connectivity index (χ1) is 12.1. The van der Waals surface area contributed by atoms with Crippen LogP contribution >= 0.6 is 0 Å². The SMILES string of the molecule is COC[C@H](NC(=O)N[C@H]1CCOc2c(C)cc(C)cc21)c1ccco1. The zero-order valence-corrected chi connectivity index (χ0v) is 14.8. The Balaban J connectivity index is 1.72. The summed E-state index contributed by atoms with van der Waals surface area (Å²) in [5, 5.41) is 5.97. The molecule has 2 atom stereocenters. The third kappa shape index (κ3) is 3.96. The van der Waals surface area contributed by atoms with E-state index in [2.05, 4.69) is 22.8 Å². The Labute approximate surface area is 147 Å². The lowest BCUT2D eigenvalue weighted by atomic mass is 9.96. The summed E-state index contributed by atoms with van der Waals surface area (Å²) in [4.78, 5) is 12.5. The molecule has 6 heteroatoms. The van der Waals surface area contributed by atoms with E-state index < -0.39 is 0 Å². The molecule has 1 aromatic heterocycles. The average Bonchev–Trinajstić information content (AvgIpc) is 3.09. The van der Waals surface area contributed by atoms with Crippen LogP contribution in [0.1, 0.15) is 41.0 Å². The van der Waals surface area contributed by atoms with Crippen molar-refractivity contribution < 1.29 is 18.7 Å². The number of aryl methyl sites for hydroxylation is 2. The van der Waals surface area contributed by atoms with Crippen LogP contribution in [-0.2, 0) is 4.74 Å². The van der Waals surface area contributed by atoms with Gasteiger partial charge in [-0.05, 0) is 31.5 Å². The van der Waals surface area contributed by atoms with Crippen LogP contribution in [0, 0.1) is 13.8 Å². The number of hydrogen-bond acceptors (Lipinski definition) is 4. The van der Waals surface area contributed by atoms with Gasteiger partial charge in [-0.25, -0.2) is 4.79 Å². The zero-order valence-electron chi connectivity index (χ0n) is 14.8. The molecule has 0 spiro atoms. The Morgan fingerprint density at radius 1 is 1.40 bits per heavy atom. The van der Waals surface area contributed by atoms with Crippen molar-refractivity contribution >= 4 is 6.03 Å². The van der Waals surface area contributed by atoms with Gasteiger partial charge in [-0.2, -0.15) is 0 Å². The van der Waals surface area contributed by atoms with E-state index in [1.807, 2.05) is 19.9 Å². The van der Waals surface area contributed by atoms with Crippen LogP contribution in [-0.4, -0.2) is 26.4 Å². The third-order valence-corrected chi connectivity index (χ3v) is 4.31. The number of nitrogens with one attached hydrogen (secondary N) is 2. The maximum atomic E-state index is 12.5. The highest BCUT2D eigenvalue weighted by Gasteiger charge is 2.26. The van der Waals surface area contributed by atoms with Crippen molar-refractivity contribution in [3.63, 3.8) is 0 Å². The Bertz CT molecular complexity index is 727. The van der Waals surface area contributed by atoms with Crippen molar-refractivity contribution in [2.45, 2.75) is 32.4 Å². The van der Waals surface area contributed by atoms with Gasteiger partial charge < -0.3 is 24.5 Å². The monoisotopic (exact) mass is 344 g/mol. The fourth-order valence-electron chi connectivity index (χ4n) is 3.24. The first kappa shape index (κ1) is 17.4. The topological polar surface area (TPSA) is 72.7 Å². The lowest BCUT2D eigenvalue weighted by Crippen LogP contribution is -2.42. The van der Waals surface area contributed by atoms with Gasteiger partial charge in [0.05, 0.1) is 25.5 Å². The minimum Gasteiger partial charge on any atom is -0.493 e. The normalized spacial score (nSPS) is 17.3. The van der Waals surface area contributed by atoms with E-state index in [0.29, 0.717) is 19.0 Å². The van der Waals surface area contributed by atoms with Crippen LogP contribution in [0.15, 0.2) is 34.9 Å². The number of amides is 2. The van der Waals surface area contributed by atoms with Gasteiger partial charge in [-0.1, -0.05) is 17.7 Å². The molecule has 1 aliphatic rings. The number of furan rings is 1. The number of methoxy groups -OCH3 is 1. The standard InChI is InChI=1S/C19H24N2O4/c1-12-9-13(2)18-14(10-12)15(6-8-25-18)20-19(22)21-16(11-23-3)17-5-4-7-24-17/h4-5,7,9-10,15-16H,6,8,11H2,1-3H3,(H2,20,21,22)/t15-,16-/m0/s1. The quantitative estimate of drug-likeness (QED) is 0.872. The summed E-state index contributed by atoms with van der Waals surface area (Å²) < 4.78 is 16.4. The Hall–Kier alpha value is -2.47. The highest BCUT2D eigenvalue weighted by atomic mass is 16.5. The summed E-state index contributed by atoms with van der Waals surface area (Å²) in [6.45, 7) is 5.00. The van der Waals surface area contributed by atoms with Gasteiger partial charge in [0, 0.05) is 19.1 Å². The lowest BCUT2D eigenvalue weighted by Gasteiger charge is -2.29. The molecule has 1 aliphatic heterocycles. The molecule has 1 aromatic carbocycles. The predicted molar refractivity (Wildman–Crippen MR) is 93.8 cm³/mol. The van der Waals surface area contributed by atoms with E-state index in [1.54, 1.807) is 19.4 Å². The minimum atomic E-state index is -0.335. The molecule has 2 N–H and O–H groups in total. The van der Waals surface area contributed by atoms with E-state index >= 15 is 0 Å². The summed E-state index contributed by atoms with van der Waals surface area (Å²) in [6, 6.07) is 7.10. The average molecular weight is 344 g/mol. The van der Waals surface area contributed by atoms with Gasteiger partial charge >= 0.3 is 6.03 Å². The van der Waals surface area contributed by atoms with Crippen LogP contribution in [0.25, 0.3) is 0 Å². The molecule has 6 nitrogen and oxygen atoms in total. The fourth-order valence-corrected chi connectivity index (χ4v) is 3.24. The van der Waals surface area contributed by atoms with Gasteiger partial charge in [-0.15, -0.1) is 0 Å². The molecule has 0 fully saturated rings. The number of benzene rings is 1. The molecule has 3 rings (SSSR count). The van der Waals surface area contributed by atoms with Crippen LogP contribution in [0.4, 0.5) is 4.79 Å². The van der Waals surface area contributed by atoms with Gasteiger partial charge in [0.25, 0.3) is 0 Å². The van der Waals surface area contributed by atoms with Gasteiger partial charge in [0.1, 0.15) is 17.6 Å². The maximum absolute atomic E-state index is 12.5. The van der Waals surface area contributed by atoms with E-state index in [9.17, 15) is 4.79 Å². The van der Waals surface area contributed by atoms with Gasteiger partial charge in [-0.3, -0.25) is 0 Å². The smallest absolute Gasteiger partial charge is 0.315 e. The number of rotatable bonds is 5. The van der Waals surface area contributed by atoms with Crippen LogP contribution in [0.2, 0.25) is 0 Å². The molecule has 0 aliphatic carbocycles. The van der Waals surface area contributed by atoms with E-state index in [-0.39, 0.29) is 18.1 Å². The van der Waals surface area contributed by atoms with E-state index in [1.165, 1.54) is 0 Å². The molecule has 2 heterocycles. The summed E-state index contributed by atoms with van der Waals surface area (Å²) in [5.41, 5.74) is 3.27. The number of hydrogen-bond donors (Lipinski definition) is 2. The summed E-state index contributed by atoms with van der Waals surface area (Å²) in [6.07, 6.45) is 2.32. The van der Waals surface area contributed by atoms with Crippen molar-refractivity contribution in [2.75, 3.05) is 20.3 Å². The van der Waals surface area contributed by atoms with Gasteiger partial charge in [0.15, 0.2) is 0 Å². The van der Waals surface area contributed by atoms with Crippen LogP contribution in [0.5, 0.6) is 5.75 Å². The fraction of sp³-hybridized carbons (Fsp3) is 0.421. The largest absolute Gasteiger partial charge is 0.493 e. The summed E-state index contributed by atoms with van der Waals surface area (Å²) >= 11 is 0. The van der Waals surface area contributed by atoms with E-state index in [0.717, 1.165) is 28.9 Å².